The van der Waals surface area contributed by atoms with Crippen molar-refractivity contribution in [3.8, 4) is 0 Å². The van der Waals surface area contributed by atoms with Crippen LogP contribution < -0.4 is 0 Å². The second kappa shape index (κ2) is 5.15. The third-order valence-corrected chi connectivity index (χ3v) is 3.25. The lowest BCUT2D eigenvalue weighted by atomic mass is 9.94. The highest BCUT2D eigenvalue weighted by molar-refractivity contribution is 5.68. The van der Waals surface area contributed by atoms with Crippen molar-refractivity contribution in [1.29, 1.82) is 0 Å². The maximum absolute atomic E-state index is 11.0. The molecule has 1 saturated heterocycles. The Morgan fingerprint density at radius 2 is 2.12 bits per heavy atom. The summed E-state index contributed by atoms with van der Waals surface area (Å²) in [6, 6.07) is 0. The van der Waals surface area contributed by atoms with E-state index in [1.165, 1.54) is 19.3 Å². The molecule has 16 heavy (non-hydrogen) atoms. The Kier molecular flexibility index (Phi) is 3.82. The molecule has 0 aromatic rings. The molecule has 4 heteroatoms. The predicted molar refractivity (Wildman–Crippen MR) is 57.9 cm³/mol. The number of ether oxygens (including phenoxy) is 3. The van der Waals surface area contributed by atoms with Crippen LogP contribution in [0.5, 0.6) is 0 Å². The molecule has 0 bridgehead atoms. The van der Waals surface area contributed by atoms with Crippen LogP contribution in [0, 0.1) is 0 Å². The molecule has 4 nitrogen and oxygen atoms in total. The minimum absolute atomic E-state index is 0.0754. The van der Waals surface area contributed by atoms with Crippen molar-refractivity contribution >= 4 is 5.97 Å². The fraction of sp³-hybridized carbons (Fsp3) is 0.917. The topological polar surface area (TPSA) is 44.8 Å². The number of hydrogen-bond donors (Lipinski definition) is 0. The van der Waals surface area contributed by atoms with Crippen LogP contribution in [-0.2, 0) is 19.0 Å². The van der Waals surface area contributed by atoms with E-state index in [9.17, 15) is 4.79 Å². The van der Waals surface area contributed by atoms with Gasteiger partial charge in [-0.05, 0) is 12.8 Å². The first kappa shape index (κ1) is 11.9. The maximum Gasteiger partial charge on any atom is 0.305 e. The molecule has 0 radical (unpaired) electrons. The second-order valence-corrected chi connectivity index (χ2v) is 4.56. The van der Waals surface area contributed by atoms with Crippen LogP contribution in [0.2, 0.25) is 0 Å². The van der Waals surface area contributed by atoms with Gasteiger partial charge in [0.1, 0.15) is 12.7 Å². The molecular weight excluding hydrogens is 208 g/mol. The molecule has 1 unspecified atom stereocenters. The van der Waals surface area contributed by atoms with Crippen molar-refractivity contribution in [2.45, 2.75) is 57.3 Å². The van der Waals surface area contributed by atoms with Gasteiger partial charge in [-0.25, -0.2) is 0 Å². The number of carbonyl (C=O) groups excluding carboxylic acids is 1. The molecule has 2 fully saturated rings. The first-order chi connectivity index (χ1) is 7.74. The van der Waals surface area contributed by atoms with Gasteiger partial charge in [0, 0.05) is 19.3 Å². The van der Waals surface area contributed by atoms with Crippen molar-refractivity contribution in [1.82, 2.24) is 0 Å². The molecule has 2 aliphatic rings. The number of esters is 1. The highest BCUT2D eigenvalue weighted by Gasteiger charge is 2.42. The van der Waals surface area contributed by atoms with E-state index < -0.39 is 0 Å². The Morgan fingerprint density at radius 3 is 2.81 bits per heavy atom. The average molecular weight is 228 g/mol. The molecule has 1 atom stereocenters. The summed E-state index contributed by atoms with van der Waals surface area (Å²) in [4.78, 5) is 11.0. The Labute approximate surface area is 96.2 Å². The van der Waals surface area contributed by atoms with E-state index in [2.05, 4.69) is 0 Å². The molecule has 92 valence electrons. The Balaban J connectivity index is 1.76. The van der Waals surface area contributed by atoms with Gasteiger partial charge in [0.15, 0.2) is 5.79 Å². The van der Waals surface area contributed by atoms with Gasteiger partial charge in [0.05, 0.1) is 6.61 Å². The van der Waals surface area contributed by atoms with Crippen molar-refractivity contribution in [2.24, 2.45) is 0 Å². The quantitative estimate of drug-likeness (QED) is 0.693. The molecule has 1 aliphatic heterocycles. The van der Waals surface area contributed by atoms with E-state index in [-0.39, 0.29) is 17.9 Å². The van der Waals surface area contributed by atoms with E-state index in [4.69, 9.17) is 14.2 Å². The SMILES string of the molecule is CCC(=O)OCC1COC2(CCCCC2)O1. The van der Waals surface area contributed by atoms with E-state index >= 15 is 0 Å². The zero-order valence-electron chi connectivity index (χ0n) is 9.87. The first-order valence-electron chi connectivity index (χ1n) is 6.21. The summed E-state index contributed by atoms with van der Waals surface area (Å²) >= 11 is 0. The van der Waals surface area contributed by atoms with Crippen LogP contribution in [0.25, 0.3) is 0 Å². The van der Waals surface area contributed by atoms with E-state index in [0.29, 0.717) is 19.6 Å². The molecular formula is C12H20O4. The monoisotopic (exact) mass is 228 g/mol. The molecule has 1 heterocycles. The minimum atomic E-state index is -0.360. The van der Waals surface area contributed by atoms with Crippen LogP contribution in [0.15, 0.2) is 0 Å². The lowest BCUT2D eigenvalue weighted by Crippen LogP contribution is -2.34. The van der Waals surface area contributed by atoms with Crippen molar-refractivity contribution in [3.05, 3.63) is 0 Å². The number of hydrogen-bond acceptors (Lipinski definition) is 4. The summed E-state index contributed by atoms with van der Waals surface area (Å²) in [5.41, 5.74) is 0. The number of carbonyl (C=O) groups is 1. The van der Waals surface area contributed by atoms with E-state index in [1.54, 1.807) is 6.92 Å². The van der Waals surface area contributed by atoms with Gasteiger partial charge in [0.25, 0.3) is 0 Å². The fourth-order valence-corrected chi connectivity index (χ4v) is 2.34. The van der Waals surface area contributed by atoms with Gasteiger partial charge in [0.2, 0.25) is 0 Å². The normalized spacial score (nSPS) is 28.2. The van der Waals surface area contributed by atoms with E-state index in [1.807, 2.05) is 0 Å². The standard InChI is InChI=1S/C12H20O4/c1-2-11(13)14-8-10-9-15-12(16-10)6-4-3-5-7-12/h10H,2-9H2,1H3. The van der Waals surface area contributed by atoms with Crippen molar-refractivity contribution in [2.75, 3.05) is 13.2 Å². The highest BCUT2D eigenvalue weighted by Crippen LogP contribution is 2.37. The van der Waals surface area contributed by atoms with Crippen LogP contribution >= 0.6 is 0 Å². The summed E-state index contributed by atoms with van der Waals surface area (Å²) in [6.45, 7) is 2.67. The summed E-state index contributed by atoms with van der Waals surface area (Å²) in [6.07, 6.45) is 5.90. The lowest BCUT2D eigenvalue weighted by molar-refractivity contribution is -0.192. The third kappa shape index (κ3) is 2.74. The molecule has 0 aromatic heterocycles. The summed E-state index contributed by atoms with van der Waals surface area (Å²) < 4.78 is 16.7. The first-order valence-corrected chi connectivity index (χ1v) is 6.21. The van der Waals surface area contributed by atoms with Crippen molar-refractivity contribution in [3.63, 3.8) is 0 Å². The molecule has 1 saturated carbocycles. The Hall–Kier alpha value is -0.610. The van der Waals surface area contributed by atoms with Gasteiger partial charge in [-0.15, -0.1) is 0 Å². The zero-order chi connectivity index (χ0) is 11.4. The summed E-state index contributed by atoms with van der Waals surface area (Å²) in [7, 11) is 0. The summed E-state index contributed by atoms with van der Waals surface area (Å²) in [5, 5.41) is 0. The summed E-state index contributed by atoms with van der Waals surface area (Å²) in [5.74, 6) is -0.533. The fourth-order valence-electron chi connectivity index (χ4n) is 2.34. The number of rotatable bonds is 3. The second-order valence-electron chi connectivity index (χ2n) is 4.56. The molecule has 0 aromatic carbocycles. The molecule has 1 aliphatic carbocycles. The molecule has 0 amide bonds. The minimum Gasteiger partial charge on any atom is -0.463 e. The van der Waals surface area contributed by atoms with Crippen LogP contribution in [0.1, 0.15) is 45.4 Å². The lowest BCUT2D eigenvalue weighted by Gasteiger charge is -2.31. The van der Waals surface area contributed by atoms with Gasteiger partial charge < -0.3 is 14.2 Å². The largest absolute Gasteiger partial charge is 0.463 e. The maximum atomic E-state index is 11.0. The highest BCUT2D eigenvalue weighted by atomic mass is 16.8. The third-order valence-electron chi connectivity index (χ3n) is 3.25. The van der Waals surface area contributed by atoms with Crippen LogP contribution in [0.4, 0.5) is 0 Å². The molecule has 2 rings (SSSR count). The smallest absolute Gasteiger partial charge is 0.305 e. The van der Waals surface area contributed by atoms with Gasteiger partial charge >= 0.3 is 5.97 Å². The predicted octanol–water partition coefficient (Wildman–Crippen LogP) is 2.02. The van der Waals surface area contributed by atoms with Gasteiger partial charge in [-0.2, -0.15) is 0 Å². The van der Waals surface area contributed by atoms with Crippen LogP contribution in [0.3, 0.4) is 0 Å². The van der Waals surface area contributed by atoms with E-state index in [0.717, 1.165) is 12.8 Å². The molecule has 0 N–H and O–H groups in total. The van der Waals surface area contributed by atoms with Crippen molar-refractivity contribution < 1.29 is 19.0 Å². The molecule has 1 spiro atoms. The van der Waals surface area contributed by atoms with Gasteiger partial charge in [-0.3, -0.25) is 4.79 Å². The average Bonchev–Trinajstić information content (AvgIpc) is 2.70. The van der Waals surface area contributed by atoms with Gasteiger partial charge in [-0.1, -0.05) is 13.3 Å². The zero-order valence-corrected chi connectivity index (χ0v) is 9.87. The van der Waals surface area contributed by atoms with Crippen LogP contribution in [-0.4, -0.2) is 31.1 Å². The Morgan fingerprint density at radius 1 is 1.38 bits per heavy atom. The Bertz CT molecular complexity index is 245.